The summed E-state index contributed by atoms with van der Waals surface area (Å²) in [4.78, 5) is 33.5. The molecule has 0 bridgehead atoms. The van der Waals surface area contributed by atoms with Gasteiger partial charge in [-0.25, -0.2) is 14.5 Å². The van der Waals surface area contributed by atoms with E-state index in [9.17, 15) is 14.4 Å². The lowest BCUT2D eigenvalue weighted by molar-refractivity contribution is -0.145. The lowest BCUT2D eigenvalue weighted by Crippen LogP contribution is -2.42. The first-order chi connectivity index (χ1) is 6.86. The summed E-state index contributed by atoms with van der Waals surface area (Å²) >= 11 is 0. The maximum absolute atomic E-state index is 11.6. The van der Waals surface area contributed by atoms with Crippen LogP contribution in [0, 0.1) is 11.8 Å². The third kappa shape index (κ3) is 1.93. The van der Waals surface area contributed by atoms with Gasteiger partial charge < -0.3 is 10.2 Å². The average Bonchev–Trinajstić information content (AvgIpc) is 2.42. The molecule has 2 atom stereocenters. The number of carboxylic acid groups (broad SMARTS) is 2. The minimum absolute atomic E-state index is 0.0521. The highest BCUT2D eigenvalue weighted by atomic mass is 16.4. The molecule has 1 saturated heterocycles. The highest BCUT2D eigenvalue weighted by Gasteiger charge is 2.47. The van der Waals surface area contributed by atoms with Crippen molar-refractivity contribution in [2.24, 2.45) is 11.8 Å². The van der Waals surface area contributed by atoms with E-state index in [1.54, 1.807) is 13.8 Å². The van der Waals surface area contributed by atoms with Crippen LogP contribution in [-0.4, -0.2) is 39.1 Å². The van der Waals surface area contributed by atoms with Gasteiger partial charge in [0.2, 0.25) is 5.91 Å². The fraction of sp³-hybridized carbons (Fsp3) is 0.667. The van der Waals surface area contributed by atoms with Crippen LogP contribution in [-0.2, 0) is 9.59 Å². The Morgan fingerprint density at radius 1 is 1.40 bits per heavy atom. The van der Waals surface area contributed by atoms with Gasteiger partial charge in [-0.05, 0) is 12.3 Å². The average molecular weight is 215 g/mol. The molecule has 2 N–H and O–H groups in total. The molecule has 0 aromatic carbocycles. The number of carbonyl (C=O) groups is 3. The van der Waals surface area contributed by atoms with Crippen molar-refractivity contribution in [1.29, 1.82) is 0 Å². The van der Waals surface area contributed by atoms with Gasteiger partial charge in [0.25, 0.3) is 0 Å². The van der Waals surface area contributed by atoms with Gasteiger partial charge in [0, 0.05) is 5.92 Å². The second kappa shape index (κ2) is 3.88. The molecule has 0 aromatic rings. The number of carboxylic acids is 1. The van der Waals surface area contributed by atoms with Crippen LogP contribution < -0.4 is 0 Å². The lowest BCUT2D eigenvalue weighted by Gasteiger charge is -2.15. The van der Waals surface area contributed by atoms with Gasteiger partial charge in [-0.2, -0.15) is 0 Å². The number of aliphatic carboxylic acids is 1. The highest BCUT2D eigenvalue weighted by Crippen LogP contribution is 2.30. The molecule has 1 heterocycles. The summed E-state index contributed by atoms with van der Waals surface area (Å²) in [5.74, 6) is -2.44. The lowest BCUT2D eigenvalue weighted by atomic mass is 9.93. The molecule has 1 rings (SSSR count). The topological polar surface area (TPSA) is 94.9 Å². The quantitative estimate of drug-likeness (QED) is 0.704. The summed E-state index contributed by atoms with van der Waals surface area (Å²) in [5, 5.41) is 17.5. The zero-order valence-electron chi connectivity index (χ0n) is 8.51. The van der Waals surface area contributed by atoms with Gasteiger partial charge >= 0.3 is 12.1 Å². The van der Waals surface area contributed by atoms with E-state index >= 15 is 0 Å². The van der Waals surface area contributed by atoms with Crippen LogP contribution in [0.25, 0.3) is 0 Å². The summed E-state index contributed by atoms with van der Waals surface area (Å²) in [6.45, 7) is 3.54. The largest absolute Gasteiger partial charge is 0.480 e. The molecule has 0 aliphatic carbocycles. The molecule has 2 amide bonds. The third-order valence-corrected chi connectivity index (χ3v) is 2.64. The van der Waals surface area contributed by atoms with E-state index < -0.39 is 29.9 Å². The predicted octanol–water partition coefficient (Wildman–Crippen LogP) is 0.622. The number of nitrogens with zero attached hydrogens (tertiary/aromatic N) is 1. The first-order valence-corrected chi connectivity index (χ1v) is 4.65. The molecule has 0 spiro atoms. The summed E-state index contributed by atoms with van der Waals surface area (Å²) in [6, 6.07) is -1.23. The molecule has 84 valence electrons. The van der Waals surface area contributed by atoms with Crippen LogP contribution in [0.1, 0.15) is 20.3 Å². The second-order valence-electron chi connectivity index (χ2n) is 3.93. The van der Waals surface area contributed by atoms with Crippen LogP contribution in [0.5, 0.6) is 0 Å². The minimum atomic E-state index is -1.49. The van der Waals surface area contributed by atoms with E-state index in [4.69, 9.17) is 10.2 Å². The fourth-order valence-electron chi connectivity index (χ4n) is 1.78. The zero-order chi connectivity index (χ0) is 11.7. The van der Waals surface area contributed by atoms with Crippen LogP contribution in [0.2, 0.25) is 0 Å². The first-order valence-electron chi connectivity index (χ1n) is 4.65. The molecule has 6 nitrogen and oxygen atoms in total. The number of amides is 2. The molecule has 1 fully saturated rings. The SMILES string of the molecule is CC(C)[C@@H]1C[C@@H](C(=O)O)N(C(=O)O)C1=O. The molecule has 0 unspecified atom stereocenters. The van der Waals surface area contributed by atoms with Gasteiger partial charge in [0.05, 0.1) is 0 Å². The van der Waals surface area contributed by atoms with E-state index in [0.29, 0.717) is 4.90 Å². The summed E-state index contributed by atoms with van der Waals surface area (Å²) in [7, 11) is 0. The van der Waals surface area contributed by atoms with E-state index in [-0.39, 0.29) is 12.3 Å². The molecule has 0 saturated carbocycles. The summed E-state index contributed by atoms with van der Waals surface area (Å²) in [5.41, 5.74) is 0. The van der Waals surface area contributed by atoms with Crippen LogP contribution in [0.4, 0.5) is 4.79 Å². The van der Waals surface area contributed by atoms with Crippen LogP contribution in [0.15, 0.2) is 0 Å². The van der Waals surface area contributed by atoms with Crippen LogP contribution >= 0.6 is 0 Å². The first kappa shape index (κ1) is 11.5. The van der Waals surface area contributed by atoms with Gasteiger partial charge in [-0.3, -0.25) is 4.79 Å². The van der Waals surface area contributed by atoms with Crippen molar-refractivity contribution >= 4 is 18.0 Å². The number of imide groups is 1. The van der Waals surface area contributed by atoms with E-state index in [2.05, 4.69) is 0 Å². The van der Waals surface area contributed by atoms with Crippen molar-refractivity contribution < 1.29 is 24.6 Å². The Morgan fingerprint density at radius 3 is 2.20 bits per heavy atom. The second-order valence-corrected chi connectivity index (χ2v) is 3.93. The normalized spacial score (nSPS) is 26.1. The van der Waals surface area contributed by atoms with E-state index in [0.717, 1.165) is 0 Å². The van der Waals surface area contributed by atoms with Crippen molar-refractivity contribution in [3.63, 3.8) is 0 Å². The number of likely N-dealkylation sites (tertiary alicyclic amines) is 1. The number of hydrogen-bond donors (Lipinski definition) is 2. The van der Waals surface area contributed by atoms with Gasteiger partial charge in [-0.1, -0.05) is 13.8 Å². The molecule has 0 radical (unpaired) electrons. The summed E-state index contributed by atoms with van der Waals surface area (Å²) < 4.78 is 0. The van der Waals surface area contributed by atoms with Gasteiger partial charge in [0.1, 0.15) is 6.04 Å². The van der Waals surface area contributed by atoms with Gasteiger partial charge in [-0.15, -0.1) is 0 Å². The highest BCUT2D eigenvalue weighted by molar-refractivity contribution is 5.99. The molecular weight excluding hydrogens is 202 g/mol. The number of rotatable bonds is 2. The van der Waals surface area contributed by atoms with Gasteiger partial charge in [0.15, 0.2) is 0 Å². The maximum Gasteiger partial charge on any atom is 0.414 e. The third-order valence-electron chi connectivity index (χ3n) is 2.64. The number of hydrogen-bond acceptors (Lipinski definition) is 3. The number of carbonyl (C=O) groups excluding carboxylic acids is 1. The smallest absolute Gasteiger partial charge is 0.414 e. The Balaban J connectivity index is 2.97. The maximum atomic E-state index is 11.6. The fourth-order valence-corrected chi connectivity index (χ4v) is 1.78. The van der Waals surface area contributed by atoms with E-state index in [1.165, 1.54) is 0 Å². The van der Waals surface area contributed by atoms with Crippen molar-refractivity contribution in [1.82, 2.24) is 4.90 Å². The molecule has 15 heavy (non-hydrogen) atoms. The molecular formula is C9H13NO5. The monoisotopic (exact) mass is 215 g/mol. The Kier molecular flexibility index (Phi) is 2.97. The molecule has 6 heteroatoms. The van der Waals surface area contributed by atoms with Crippen molar-refractivity contribution in [2.45, 2.75) is 26.3 Å². The minimum Gasteiger partial charge on any atom is -0.480 e. The Hall–Kier alpha value is -1.59. The zero-order valence-corrected chi connectivity index (χ0v) is 8.51. The Morgan fingerprint density at radius 2 is 1.93 bits per heavy atom. The predicted molar refractivity (Wildman–Crippen MR) is 49.2 cm³/mol. The molecule has 1 aliphatic rings. The molecule has 1 aliphatic heterocycles. The van der Waals surface area contributed by atoms with Crippen molar-refractivity contribution in [3.8, 4) is 0 Å². The van der Waals surface area contributed by atoms with Crippen molar-refractivity contribution in [3.05, 3.63) is 0 Å². The Labute approximate surface area is 86.5 Å². The van der Waals surface area contributed by atoms with Crippen LogP contribution in [0.3, 0.4) is 0 Å². The van der Waals surface area contributed by atoms with Crippen molar-refractivity contribution in [2.75, 3.05) is 0 Å². The van der Waals surface area contributed by atoms with E-state index in [1.807, 2.05) is 0 Å². The standard InChI is InChI=1S/C9H13NO5/c1-4(2)5-3-6(8(12)13)10(7(5)11)9(14)15/h4-6H,3H2,1-2H3,(H,12,13)(H,14,15)/t5-,6-/m0/s1. The summed E-state index contributed by atoms with van der Waals surface area (Å²) in [6.07, 6.45) is -1.42. The molecule has 0 aromatic heterocycles. The Bertz CT molecular complexity index is 312.